The quantitative estimate of drug-likeness (QED) is 0.866. The summed E-state index contributed by atoms with van der Waals surface area (Å²) < 4.78 is 3.68. The molecular weight excluding hydrogens is 342 g/mol. The molecule has 0 radical (unpaired) electrons. The van der Waals surface area contributed by atoms with E-state index in [2.05, 4.69) is 12.2 Å². The first-order valence-corrected chi connectivity index (χ1v) is 10.5. The van der Waals surface area contributed by atoms with Crippen molar-refractivity contribution in [1.82, 2.24) is 19.1 Å². The fourth-order valence-electron chi connectivity index (χ4n) is 5.29. The van der Waals surface area contributed by atoms with Crippen molar-refractivity contribution in [2.45, 2.75) is 88.8 Å². The Morgan fingerprint density at radius 1 is 1.11 bits per heavy atom. The first-order chi connectivity index (χ1) is 13.1. The molecule has 3 aliphatic carbocycles. The van der Waals surface area contributed by atoms with Gasteiger partial charge in [0.05, 0.1) is 5.60 Å². The third kappa shape index (κ3) is 2.54. The molecule has 2 N–H and O–H groups in total. The van der Waals surface area contributed by atoms with Crippen LogP contribution in [0.15, 0.2) is 4.79 Å². The SMILES string of the molecule is CCCn1c2nc(C34CCC(O)(CC3)CC4)nc-2c2n(c1=O)CCCCN2. The highest BCUT2D eigenvalue weighted by atomic mass is 16.3. The van der Waals surface area contributed by atoms with Crippen LogP contribution in [0.3, 0.4) is 0 Å². The van der Waals surface area contributed by atoms with Gasteiger partial charge >= 0.3 is 5.69 Å². The van der Waals surface area contributed by atoms with Gasteiger partial charge in [-0.25, -0.2) is 14.8 Å². The molecule has 146 valence electrons. The Hall–Kier alpha value is -1.89. The molecule has 7 nitrogen and oxygen atoms in total. The highest BCUT2D eigenvalue weighted by Gasteiger charge is 2.51. The van der Waals surface area contributed by atoms with Crippen LogP contribution in [0.2, 0.25) is 0 Å². The molecule has 3 fully saturated rings. The number of hydrogen-bond donors (Lipinski definition) is 2. The number of rotatable bonds is 3. The van der Waals surface area contributed by atoms with Crippen molar-refractivity contribution >= 4 is 5.82 Å². The van der Waals surface area contributed by atoms with Crippen LogP contribution in [0.4, 0.5) is 5.82 Å². The van der Waals surface area contributed by atoms with Gasteiger partial charge in [0.15, 0.2) is 5.82 Å². The van der Waals surface area contributed by atoms with Gasteiger partial charge in [-0.1, -0.05) is 6.92 Å². The molecular formula is C20H29N5O2. The van der Waals surface area contributed by atoms with E-state index in [0.29, 0.717) is 6.54 Å². The lowest BCUT2D eigenvalue weighted by Gasteiger charge is -2.49. The monoisotopic (exact) mass is 371 g/mol. The van der Waals surface area contributed by atoms with E-state index in [1.165, 1.54) is 0 Å². The summed E-state index contributed by atoms with van der Waals surface area (Å²) in [6.07, 6.45) is 8.30. The number of aliphatic hydroxyl groups is 1. The van der Waals surface area contributed by atoms with Crippen molar-refractivity contribution in [3.63, 3.8) is 0 Å². The predicted molar refractivity (Wildman–Crippen MR) is 103 cm³/mol. The first kappa shape index (κ1) is 17.2. The second-order valence-electron chi connectivity index (χ2n) is 8.79. The molecule has 7 heteroatoms. The van der Waals surface area contributed by atoms with E-state index < -0.39 is 5.60 Å². The molecule has 27 heavy (non-hydrogen) atoms. The summed E-state index contributed by atoms with van der Waals surface area (Å²) in [5.74, 6) is 2.47. The van der Waals surface area contributed by atoms with E-state index in [9.17, 15) is 9.90 Å². The topological polar surface area (TPSA) is 85.0 Å². The summed E-state index contributed by atoms with van der Waals surface area (Å²) in [6.45, 7) is 4.36. The summed E-state index contributed by atoms with van der Waals surface area (Å²) in [5.41, 5.74) is 0.380. The maximum atomic E-state index is 13.1. The fraction of sp³-hybridized carbons (Fsp3) is 0.750. The van der Waals surface area contributed by atoms with Crippen molar-refractivity contribution in [3.8, 4) is 11.5 Å². The van der Waals surface area contributed by atoms with Crippen molar-refractivity contribution in [1.29, 1.82) is 0 Å². The minimum Gasteiger partial charge on any atom is -0.390 e. The standard InChI is InChI=1S/C20H29N5O2/c1-2-12-24-16-14(15-21-11-3-4-13-25(15)18(24)26)22-17(23-16)19-5-8-20(27,9-6-19)10-7-19/h21,27H,2-13H2,1H3. The van der Waals surface area contributed by atoms with Crippen molar-refractivity contribution in [2.75, 3.05) is 11.9 Å². The second kappa shape index (κ2) is 6.06. The number of fused-ring (bicyclic) bond motifs is 6. The van der Waals surface area contributed by atoms with E-state index >= 15 is 0 Å². The highest BCUT2D eigenvalue weighted by Crippen LogP contribution is 2.53. The predicted octanol–water partition coefficient (Wildman–Crippen LogP) is 2.50. The largest absolute Gasteiger partial charge is 0.390 e. The summed E-state index contributed by atoms with van der Waals surface area (Å²) in [6, 6.07) is 0. The zero-order valence-electron chi connectivity index (χ0n) is 16.1. The zero-order chi connectivity index (χ0) is 18.6. The van der Waals surface area contributed by atoms with Crippen LogP contribution in [0.5, 0.6) is 0 Å². The molecule has 0 aromatic carbocycles. The van der Waals surface area contributed by atoms with Crippen LogP contribution in [0, 0.1) is 0 Å². The Kier molecular flexibility index (Phi) is 3.86. The van der Waals surface area contributed by atoms with Gasteiger partial charge in [-0.05, 0) is 57.8 Å². The van der Waals surface area contributed by atoms with Crippen LogP contribution in [0.25, 0.3) is 11.5 Å². The van der Waals surface area contributed by atoms with Crippen LogP contribution < -0.4 is 11.0 Å². The fourth-order valence-corrected chi connectivity index (χ4v) is 5.29. The molecule has 6 rings (SSSR count). The van der Waals surface area contributed by atoms with E-state index in [0.717, 1.165) is 94.0 Å². The number of anilines is 1. The van der Waals surface area contributed by atoms with Crippen LogP contribution >= 0.6 is 0 Å². The highest BCUT2D eigenvalue weighted by molar-refractivity contribution is 5.68. The van der Waals surface area contributed by atoms with Gasteiger partial charge < -0.3 is 10.4 Å². The molecule has 0 saturated heterocycles. The van der Waals surface area contributed by atoms with Gasteiger partial charge in [0.2, 0.25) is 0 Å². The molecule has 0 amide bonds. The Morgan fingerprint density at radius 3 is 2.56 bits per heavy atom. The molecule has 3 saturated carbocycles. The molecule has 3 heterocycles. The van der Waals surface area contributed by atoms with Gasteiger partial charge in [0.1, 0.15) is 17.3 Å². The first-order valence-electron chi connectivity index (χ1n) is 10.5. The summed E-state index contributed by atoms with van der Waals surface area (Å²) in [4.78, 5) is 23.1. The van der Waals surface area contributed by atoms with Gasteiger partial charge in [-0.2, -0.15) is 0 Å². The molecule has 0 unspecified atom stereocenters. The third-order valence-corrected chi connectivity index (χ3v) is 7.08. The molecule has 0 aromatic heterocycles. The molecule has 0 aromatic rings. The number of nitrogens with one attached hydrogen (secondary N) is 1. The number of aromatic nitrogens is 4. The zero-order valence-corrected chi connectivity index (χ0v) is 16.1. The Balaban J connectivity index is 1.68. The normalized spacial score (nSPS) is 30.1. The number of nitrogens with zero attached hydrogens (tertiary/aromatic N) is 4. The maximum Gasteiger partial charge on any atom is 0.331 e. The van der Waals surface area contributed by atoms with Gasteiger partial charge in [-0.15, -0.1) is 0 Å². The van der Waals surface area contributed by atoms with Gasteiger partial charge in [0.25, 0.3) is 0 Å². The summed E-state index contributed by atoms with van der Waals surface area (Å²) in [5, 5.41) is 14.0. The Labute approximate surface area is 159 Å². The Bertz CT molecular complexity index is 874. The third-order valence-electron chi connectivity index (χ3n) is 7.08. The van der Waals surface area contributed by atoms with Crippen LogP contribution in [0.1, 0.15) is 70.5 Å². The van der Waals surface area contributed by atoms with Gasteiger partial charge in [-0.3, -0.25) is 9.13 Å². The van der Waals surface area contributed by atoms with Crippen molar-refractivity contribution in [2.24, 2.45) is 0 Å². The molecule has 2 bridgehead atoms. The summed E-state index contributed by atoms with van der Waals surface area (Å²) >= 11 is 0. The average molecular weight is 371 g/mol. The van der Waals surface area contributed by atoms with E-state index in [4.69, 9.17) is 9.97 Å². The Morgan fingerprint density at radius 2 is 1.85 bits per heavy atom. The summed E-state index contributed by atoms with van der Waals surface area (Å²) in [7, 11) is 0. The number of imidazole rings is 1. The van der Waals surface area contributed by atoms with Crippen LogP contribution in [-0.2, 0) is 18.5 Å². The second-order valence-corrected chi connectivity index (χ2v) is 8.79. The van der Waals surface area contributed by atoms with Crippen molar-refractivity contribution < 1.29 is 5.11 Å². The smallest absolute Gasteiger partial charge is 0.331 e. The molecule has 6 aliphatic rings. The average Bonchev–Trinajstić information content (AvgIpc) is 2.98. The van der Waals surface area contributed by atoms with E-state index in [1.54, 1.807) is 0 Å². The van der Waals surface area contributed by atoms with E-state index in [-0.39, 0.29) is 11.1 Å². The molecule has 0 spiro atoms. The van der Waals surface area contributed by atoms with E-state index in [1.807, 2.05) is 9.13 Å². The minimum atomic E-state index is -0.466. The van der Waals surface area contributed by atoms with Gasteiger partial charge in [0, 0.05) is 25.0 Å². The lowest BCUT2D eigenvalue weighted by Crippen LogP contribution is -2.48. The number of hydrogen-bond acceptors (Lipinski definition) is 5. The molecule has 0 atom stereocenters. The van der Waals surface area contributed by atoms with Crippen molar-refractivity contribution in [3.05, 3.63) is 16.3 Å². The minimum absolute atomic E-state index is 0.0272. The maximum absolute atomic E-state index is 13.1. The lowest BCUT2D eigenvalue weighted by atomic mass is 9.58. The lowest BCUT2D eigenvalue weighted by molar-refractivity contribution is -0.0677. The molecule has 3 aliphatic heterocycles. The van der Waals surface area contributed by atoms with Crippen LogP contribution in [-0.4, -0.2) is 36.4 Å².